The molecule has 3 rings (SSSR count). The smallest absolute Gasteiger partial charge is 0.131 e. The average Bonchev–Trinajstić information content (AvgIpc) is 2.97. The Morgan fingerprint density at radius 3 is 2.62 bits per heavy atom. The summed E-state index contributed by atoms with van der Waals surface area (Å²) in [5.41, 5.74) is 2.48. The van der Waals surface area contributed by atoms with Crippen molar-refractivity contribution in [3.05, 3.63) is 74.0 Å². The Morgan fingerprint density at radius 1 is 1.14 bits per heavy atom. The number of hydrogen-bond donors (Lipinski definition) is 1. The summed E-state index contributed by atoms with van der Waals surface area (Å²) in [6.07, 6.45) is -0.709. The van der Waals surface area contributed by atoms with E-state index in [2.05, 4.69) is 20.9 Å². The Kier molecular flexibility index (Phi) is 4.40. The van der Waals surface area contributed by atoms with Gasteiger partial charge in [0.2, 0.25) is 0 Å². The molecule has 106 valence electrons. The van der Waals surface area contributed by atoms with Crippen molar-refractivity contribution in [3.8, 4) is 11.3 Å². The largest absolute Gasteiger partial charge is 0.381 e. The van der Waals surface area contributed by atoms with E-state index in [-0.39, 0.29) is 0 Å². The number of benzene rings is 2. The van der Waals surface area contributed by atoms with Gasteiger partial charge in [-0.2, -0.15) is 0 Å². The second-order valence-corrected chi connectivity index (χ2v) is 6.72. The van der Waals surface area contributed by atoms with E-state index in [0.717, 1.165) is 21.3 Å². The maximum Gasteiger partial charge on any atom is 0.131 e. The summed E-state index contributed by atoms with van der Waals surface area (Å²) < 4.78 is 0.927. The standard InChI is InChI=1S/C16H11BrClNOS/c17-11-6-7-12(13(18)8-11)14-9-21-16(19-14)15(20)10-4-2-1-3-5-10/h1-9,15,20H. The lowest BCUT2D eigenvalue weighted by atomic mass is 10.1. The molecule has 21 heavy (non-hydrogen) atoms. The number of rotatable bonds is 3. The highest BCUT2D eigenvalue weighted by molar-refractivity contribution is 9.10. The van der Waals surface area contributed by atoms with Gasteiger partial charge in [0.05, 0.1) is 10.7 Å². The Morgan fingerprint density at radius 2 is 1.90 bits per heavy atom. The van der Waals surface area contributed by atoms with Gasteiger partial charge in [0.25, 0.3) is 0 Å². The molecule has 1 N–H and O–H groups in total. The maximum absolute atomic E-state index is 10.4. The van der Waals surface area contributed by atoms with Crippen LogP contribution in [0, 0.1) is 0 Å². The highest BCUT2D eigenvalue weighted by atomic mass is 79.9. The van der Waals surface area contributed by atoms with Crippen molar-refractivity contribution < 1.29 is 5.11 Å². The second-order valence-electron chi connectivity index (χ2n) is 4.51. The van der Waals surface area contributed by atoms with Crippen LogP contribution >= 0.6 is 38.9 Å². The number of hydrogen-bond acceptors (Lipinski definition) is 3. The zero-order valence-electron chi connectivity index (χ0n) is 10.8. The first-order chi connectivity index (χ1) is 10.1. The van der Waals surface area contributed by atoms with Crippen molar-refractivity contribution >= 4 is 38.9 Å². The van der Waals surface area contributed by atoms with Crippen molar-refractivity contribution in [3.63, 3.8) is 0 Å². The van der Waals surface area contributed by atoms with Crippen LogP contribution in [0.3, 0.4) is 0 Å². The van der Waals surface area contributed by atoms with E-state index in [1.807, 2.05) is 53.9 Å². The van der Waals surface area contributed by atoms with Crippen LogP contribution in [0.4, 0.5) is 0 Å². The molecule has 0 saturated carbocycles. The van der Waals surface area contributed by atoms with E-state index in [1.54, 1.807) is 0 Å². The van der Waals surface area contributed by atoms with Gasteiger partial charge in [0, 0.05) is 15.4 Å². The molecule has 5 heteroatoms. The number of thiazole rings is 1. The van der Waals surface area contributed by atoms with E-state index >= 15 is 0 Å². The number of aliphatic hydroxyl groups excluding tert-OH is 1. The highest BCUT2D eigenvalue weighted by Crippen LogP contribution is 2.33. The lowest BCUT2D eigenvalue weighted by Crippen LogP contribution is -1.98. The summed E-state index contributed by atoms with van der Waals surface area (Å²) in [5, 5.41) is 13.6. The third-order valence-electron chi connectivity index (χ3n) is 3.08. The number of nitrogens with zero attached hydrogens (tertiary/aromatic N) is 1. The molecule has 0 fully saturated rings. The third kappa shape index (κ3) is 3.19. The van der Waals surface area contributed by atoms with Crippen LogP contribution in [0.1, 0.15) is 16.7 Å². The second kappa shape index (κ2) is 6.28. The summed E-state index contributed by atoms with van der Waals surface area (Å²) in [5.74, 6) is 0. The SMILES string of the molecule is OC(c1ccccc1)c1nc(-c2ccc(Br)cc2Cl)cs1. The third-order valence-corrected chi connectivity index (χ3v) is 4.78. The van der Waals surface area contributed by atoms with Crippen LogP contribution in [0.15, 0.2) is 58.4 Å². The van der Waals surface area contributed by atoms with Crippen LogP contribution < -0.4 is 0 Å². The number of halogens is 2. The molecule has 0 bridgehead atoms. The van der Waals surface area contributed by atoms with Crippen molar-refractivity contribution in [2.45, 2.75) is 6.10 Å². The molecule has 2 aromatic carbocycles. The van der Waals surface area contributed by atoms with Gasteiger partial charge >= 0.3 is 0 Å². The Hall–Kier alpha value is -1.20. The molecule has 2 nitrogen and oxygen atoms in total. The predicted molar refractivity (Wildman–Crippen MR) is 90.8 cm³/mol. The van der Waals surface area contributed by atoms with Crippen LogP contribution in [0.2, 0.25) is 5.02 Å². The molecule has 0 aliphatic heterocycles. The monoisotopic (exact) mass is 379 g/mol. The fourth-order valence-corrected chi connectivity index (χ4v) is 3.61. The van der Waals surface area contributed by atoms with Crippen molar-refractivity contribution in [2.24, 2.45) is 0 Å². The molecule has 1 aromatic heterocycles. The van der Waals surface area contributed by atoms with Crippen LogP contribution in [-0.4, -0.2) is 10.1 Å². The van der Waals surface area contributed by atoms with Gasteiger partial charge < -0.3 is 5.11 Å². The molecular weight excluding hydrogens is 370 g/mol. The zero-order valence-corrected chi connectivity index (χ0v) is 14.0. The lowest BCUT2D eigenvalue weighted by Gasteiger charge is -2.07. The maximum atomic E-state index is 10.4. The topological polar surface area (TPSA) is 33.1 Å². The van der Waals surface area contributed by atoms with E-state index in [9.17, 15) is 5.11 Å². The minimum atomic E-state index is -0.709. The summed E-state index contributed by atoms with van der Waals surface area (Å²) >= 11 is 11.1. The minimum absolute atomic E-state index is 0.635. The van der Waals surface area contributed by atoms with E-state index < -0.39 is 6.10 Å². The Labute approximate surface area is 140 Å². The normalized spacial score (nSPS) is 12.3. The summed E-state index contributed by atoms with van der Waals surface area (Å²) in [6.45, 7) is 0. The van der Waals surface area contributed by atoms with E-state index in [0.29, 0.717) is 10.0 Å². The molecular formula is C16H11BrClNOS. The predicted octanol–water partition coefficient (Wildman–Crippen LogP) is 5.31. The van der Waals surface area contributed by atoms with E-state index in [1.165, 1.54) is 11.3 Å². The first kappa shape index (κ1) is 14.7. The Balaban J connectivity index is 1.93. The van der Waals surface area contributed by atoms with Crippen molar-refractivity contribution in [1.82, 2.24) is 4.98 Å². The minimum Gasteiger partial charge on any atom is -0.381 e. The molecule has 3 aromatic rings. The first-order valence-corrected chi connectivity index (χ1v) is 8.34. The zero-order chi connectivity index (χ0) is 14.8. The van der Waals surface area contributed by atoms with Gasteiger partial charge in [-0.05, 0) is 17.7 Å². The van der Waals surface area contributed by atoms with Crippen LogP contribution in [0.5, 0.6) is 0 Å². The van der Waals surface area contributed by atoms with Gasteiger partial charge in [0.15, 0.2) is 0 Å². The van der Waals surface area contributed by atoms with Crippen molar-refractivity contribution in [2.75, 3.05) is 0 Å². The van der Waals surface area contributed by atoms with Gasteiger partial charge in [0.1, 0.15) is 11.1 Å². The summed E-state index contributed by atoms with van der Waals surface area (Å²) in [7, 11) is 0. The number of aromatic nitrogens is 1. The molecule has 0 aliphatic carbocycles. The van der Waals surface area contributed by atoms with E-state index in [4.69, 9.17) is 11.6 Å². The lowest BCUT2D eigenvalue weighted by molar-refractivity contribution is 0.220. The van der Waals surface area contributed by atoms with Crippen LogP contribution in [0.25, 0.3) is 11.3 Å². The first-order valence-electron chi connectivity index (χ1n) is 6.29. The average molecular weight is 381 g/mol. The highest BCUT2D eigenvalue weighted by Gasteiger charge is 2.16. The quantitative estimate of drug-likeness (QED) is 0.668. The van der Waals surface area contributed by atoms with Gasteiger partial charge in [-0.3, -0.25) is 0 Å². The molecule has 0 spiro atoms. The molecule has 0 aliphatic rings. The fourth-order valence-electron chi connectivity index (χ4n) is 2.01. The molecule has 1 atom stereocenters. The summed E-state index contributed by atoms with van der Waals surface area (Å²) in [6, 6.07) is 15.2. The number of aliphatic hydroxyl groups is 1. The molecule has 0 amide bonds. The molecule has 0 radical (unpaired) electrons. The Bertz CT molecular complexity index is 760. The van der Waals surface area contributed by atoms with Crippen molar-refractivity contribution in [1.29, 1.82) is 0 Å². The van der Waals surface area contributed by atoms with Crippen LogP contribution in [-0.2, 0) is 0 Å². The molecule has 1 heterocycles. The van der Waals surface area contributed by atoms with Gasteiger partial charge in [-0.15, -0.1) is 11.3 Å². The summed E-state index contributed by atoms with van der Waals surface area (Å²) in [4.78, 5) is 4.52. The molecule has 0 saturated heterocycles. The fraction of sp³-hybridized carbons (Fsp3) is 0.0625. The van der Waals surface area contributed by atoms with Gasteiger partial charge in [-0.1, -0.05) is 63.9 Å². The van der Waals surface area contributed by atoms with Gasteiger partial charge in [-0.25, -0.2) is 4.98 Å². The molecule has 1 unspecified atom stereocenters.